The quantitative estimate of drug-likeness (QED) is 0.441. The van der Waals surface area contributed by atoms with Crippen molar-refractivity contribution in [2.75, 3.05) is 19.7 Å². The first-order chi connectivity index (χ1) is 18.4. The second-order valence-electron chi connectivity index (χ2n) is 9.52. The van der Waals surface area contributed by atoms with Gasteiger partial charge >= 0.3 is 0 Å². The molecule has 2 aromatic carbocycles. The molecule has 2 amide bonds. The van der Waals surface area contributed by atoms with Crippen molar-refractivity contribution in [2.24, 2.45) is 16.6 Å². The van der Waals surface area contributed by atoms with Gasteiger partial charge in [-0.2, -0.15) is 10.1 Å². The molecule has 1 saturated heterocycles. The van der Waals surface area contributed by atoms with Crippen LogP contribution < -0.4 is 10.5 Å². The zero-order valence-electron chi connectivity index (χ0n) is 21.6. The number of benzene rings is 2. The Morgan fingerprint density at radius 1 is 1.18 bits per heavy atom. The van der Waals surface area contributed by atoms with Crippen LogP contribution in [0.3, 0.4) is 0 Å². The average molecular weight is 530 g/mol. The van der Waals surface area contributed by atoms with Crippen molar-refractivity contribution < 1.29 is 14.3 Å². The molecular formula is C29H31N5O3S. The number of nitrogens with two attached hydrogens (primary N) is 1. The third kappa shape index (κ3) is 5.52. The van der Waals surface area contributed by atoms with Crippen molar-refractivity contribution >= 4 is 34.8 Å². The van der Waals surface area contributed by atoms with Gasteiger partial charge in [-0.05, 0) is 79.9 Å². The highest BCUT2D eigenvalue weighted by molar-refractivity contribution is 8.18. The highest BCUT2D eigenvalue weighted by atomic mass is 32.2. The standard InChI is InChI=1S/C29H31N5O3S/c1-3-15-37-24-10-9-21(16-19(24)2)26-22(18-34(32-26)23-7-5-4-6-8-23)17-25-28(36)31-29(38-25)33-13-11-20(12-14-33)27(30)35/h4-10,16-18,20H,3,11-15H2,1-2H3,(H2,30,35). The van der Waals surface area contributed by atoms with E-state index in [2.05, 4.69) is 22.9 Å². The number of para-hydroxylation sites is 1. The number of aliphatic imine (C=N–C) groups is 1. The third-order valence-electron chi connectivity index (χ3n) is 6.74. The molecule has 3 heterocycles. The molecule has 0 unspecified atom stereocenters. The molecule has 0 aliphatic carbocycles. The lowest BCUT2D eigenvalue weighted by atomic mass is 9.97. The maximum atomic E-state index is 12.9. The van der Waals surface area contributed by atoms with E-state index in [0.717, 1.165) is 40.2 Å². The summed E-state index contributed by atoms with van der Waals surface area (Å²) < 4.78 is 7.69. The number of likely N-dealkylation sites (tertiary alicyclic amines) is 1. The summed E-state index contributed by atoms with van der Waals surface area (Å²) in [5.74, 6) is 0.223. The van der Waals surface area contributed by atoms with Gasteiger partial charge in [-0.15, -0.1) is 0 Å². The lowest BCUT2D eigenvalue weighted by Gasteiger charge is -2.31. The number of primary amides is 1. The minimum absolute atomic E-state index is 0.113. The second-order valence-corrected chi connectivity index (χ2v) is 10.5. The SMILES string of the molecule is CCCOc1ccc(-c2nn(-c3ccccc3)cc2C=C2SC(N3CCC(C(N)=O)CC3)=NC2=O)cc1C. The number of nitrogens with zero attached hydrogens (tertiary/aromatic N) is 4. The predicted molar refractivity (Wildman–Crippen MR) is 151 cm³/mol. The Morgan fingerprint density at radius 2 is 1.95 bits per heavy atom. The van der Waals surface area contributed by atoms with Crippen molar-refractivity contribution in [3.8, 4) is 22.7 Å². The topological polar surface area (TPSA) is 103 Å². The Morgan fingerprint density at radius 3 is 2.63 bits per heavy atom. The number of hydrogen-bond acceptors (Lipinski definition) is 6. The Bertz CT molecular complexity index is 1400. The minimum atomic E-state index is -0.264. The van der Waals surface area contributed by atoms with E-state index >= 15 is 0 Å². The van der Waals surface area contributed by atoms with Gasteiger partial charge in [0, 0.05) is 36.3 Å². The molecule has 3 aromatic rings. The fraction of sp³-hybridized carbons (Fsp3) is 0.310. The summed E-state index contributed by atoms with van der Waals surface area (Å²) in [5.41, 5.74) is 9.97. The molecule has 1 aromatic heterocycles. The summed E-state index contributed by atoms with van der Waals surface area (Å²) in [6, 6.07) is 15.9. The molecule has 0 saturated carbocycles. The van der Waals surface area contributed by atoms with E-state index in [9.17, 15) is 9.59 Å². The summed E-state index contributed by atoms with van der Waals surface area (Å²) in [5, 5.41) is 5.58. The largest absolute Gasteiger partial charge is 0.493 e. The van der Waals surface area contributed by atoms with Gasteiger partial charge in [0.2, 0.25) is 5.91 Å². The number of aryl methyl sites for hydroxylation is 1. The monoisotopic (exact) mass is 529 g/mol. The molecule has 2 aliphatic heterocycles. The van der Waals surface area contributed by atoms with Crippen molar-refractivity contribution in [1.82, 2.24) is 14.7 Å². The van der Waals surface area contributed by atoms with E-state index in [1.807, 2.05) is 66.3 Å². The van der Waals surface area contributed by atoms with Crippen molar-refractivity contribution in [1.29, 1.82) is 0 Å². The lowest BCUT2D eigenvalue weighted by Crippen LogP contribution is -2.40. The van der Waals surface area contributed by atoms with E-state index in [0.29, 0.717) is 42.6 Å². The smallest absolute Gasteiger partial charge is 0.286 e. The molecule has 8 nitrogen and oxygen atoms in total. The Kier molecular flexibility index (Phi) is 7.64. The number of piperidine rings is 1. The number of aromatic nitrogens is 2. The van der Waals surface area contributed by atoms with E-state index in [1.165, 1.54) is 11.8 Å². The highest BCUT2D eigenvalue weighted by Gasteiger charge is 2.31. The van der Waals surface area contributed by atoms with Gasteiger partial charge in [0.1, 0.15) is 11.4 Å². The number of thioether (sulfide) groups is 1. The van der Waals surface area contributed by atoms with Crippen LogP contribution in [0.5, 0.6) is 5.75 Å². The molecule has 2 aliphatic rings. The van der Waals surface area contributed by atoms with Gasteiger partial charge in [-0.1, -0.05) is 25.1 Å². The molecule has 0 bridgehead atoms. The third-order valence-corrected chi connectivity index (χ3v) is 7.78. The van der Waals surface area contributed by atoms with Crippen LogP contribution in [-0.4, -0.2) is 51.4 Å². The summed E-state index contributed by atoms with van der Waals surface area (Å²) in [7, 11) is 0. The van der Waals surface area contributed by atoms with Crippen molar-refractivity contribution in [2.45, 2.75) is 33.1 Å². The molecule has 0 atom stereocenters. The molecule has 2 N–H and O–H groups in total. The van der Waals surface area contributed by atoms with E-state index < -0.39 is 0 Å². The first-order valence-electron chi connectivity index (χ1n) is 12.9. The van der Waals surface area contributed by atoms with Crippen LogP contribution in [0.2, 0.25) is 0 Å². The number of carbonyl (C=O) groups excluding carboxylic acids is 2. The summed E-state index contributed by atoms with van der Waals surface area (Å²) in [4.78, 5) is 31.4. The molecule has 0 radical (unpaired) electrons. The molecule has 5 rings (SSSR count). The van der Waals surface area contributed by atoms with Crippen LogP contribution in [0.4, 0.5) is 0 Å². The van der Waals surface area contributed by atoms with Gasteiger partial charge in [0.05, 0.1) is 17.2 Å². The van der Waals surface area contributed by atoms with Crippen LogP contribution in [0.25, 0.3) is 23.0 Å². The van der Waals surface area contributed by atoms with Crippen LogP contribution in [-0.2, 0) is 9.59 Å². The number of amidine groups is 1. The van der Waals surface area contributed by atoms with E-state index in [4.69, 9.17) is 15.6 Å². The lowest BCUT2D eigenvalue weighted by molar-refractivity contribution is -0.123. The summed E-state index contributed by atoms with van der Waals surface area (Å²) >= 11 is 1.37. The Labute approximate surface area is 226 Å². The number of carbonyl (C=O) groups is 2. The predicted octanol–water partition coefficient (Wildman–Crippen LogP) is 4.80. The first-order valence-corrected chi connectivity index (χ1v) is 13.7. The normalized spacial score (nSPS) is 17.2. The molecule has 38 heavy (non-hydrogen) atoms. The fourth-order valence-corrected chi connectivity index (χ4v) is 5.59. The highest BCUT2D eigenvalue weighted by Crippen LogP contribution is 2.35. The van der Waals surface area contributed by atoms with E-state index in [1.54, 1.807) is 0 Å². The molecule has 1 fully saturated rings. The van der Waals surface area contributed by atoms with Crippen LogP contribution in [0, 0.1) is 12.8 Å². The number of hydrogen-bond donors (Lipinski definition) is 1. The van der Waals surface area contributed by atoms with Gasteiger partial charge < -0.3 is 15.4 Å². The summed E-state index contributed by atoms with van der Waals surface area (Å²) in [6.45, 7) is 6.09. The Balaban J connectivity index is 1.44. The maximum absolute atomic E-state index is 12.9. The van der Waals surface area contributed by atoms with Crippen LogP contribution >= 0.6 is 11.8 Å². The Hall–Kier alpha value is -3.85. The van der Waals surface area contributed by atoms with E-state index in [-0.39, 0.29) is 17.7 Å². The van der Waals surface area contributed by atoms with Gasteiger partial charge in [0.25, 0.3) is 5.91 Å². The zero-order chi connectivity index (χ0) is 26.6. The molecule has 0 spiro atoms. The number of rotatable bonds is 7. The number of amides is 2. The average Bonchev–Trinajstić information content (AvgIpc) is 3.52. The zero-order valence-corrected chi connectivity index (χ0v) is 22.4. The minimum Gasteiger partial charge on any atom is -0.493 e. The molecule has 196 valence electrons. The van der Waals surface area contributed by atoms with Gasteiger partial charge in [-0.3, -0.25) is 9.59 Å². The number of ether oxygens (including phenoxy) is 1. The summed E-state index contributed by atoms with van der Waals surface area (Å²) in [6.07, 6.45) is 6.11. The van der Waals surface area contributed by atoms with Crippen LogP contribution in [0.15, 0.2) is 64.6 Å². The fourth-order valence-electron chi connectivity index (χ4n) is 4.63. The van der Waals surface area contributed by atoms with Crippen LogP contribution in [0.1, 0.15) is 37.3 Å². The molecular weight excluding hydrogens is 498 g/mol. The van der Waals surface area contributed by atoms with Crippen molar-refractivity contribution in [3.05, 3.63) is 70.8 Å². The second kappa shape index (κ2) is 11.3. The van der Waals surface area contributed by atoms with Crippen molar-refractivity contribution in [3.63, 3.8) is 0 Å². The maximum Gasteiger partial charge on any atom is 0.286 e. The van der Waals surface area contributed by atoms with Gasteiger partial charge in [-0.25, -0.2) is 4.68 Å². The van der Waals surface area contributed by atoms with Gasteiger partial charge in [0.15, 0.2) is 5.17 Å². The molecule has 9 heteroatoms. The first kappa shape index (κ1) is 25.8.